The molecule has 1 atom stereocenters. The Hall–Kier alpha value is -1.22. The summed E-state index contributed by atoms with van der Waals surface area (Å²) in [6.07, 6.45) is 2.28. The minimum atomic E-state index is -0.0152. The van der Waals surface area contributed by atoms with Gasteiger partial charge in [-0.3, -0.25) is 4.79 Å². The van der Waals surface area contributed by atoms with Crippen molar-refractivity contribution in [1.82, 2.24) is 0 Å². The zero-order valence-corrected chi connectivity index (χ0v) is 9.79. The van der Waals surface area contributed by atoms with Gasteiger partial charge in [0.2, 0.25) is 5.91 Å². The van der Waals surface area contributed by atoms with Gasteiger partial charge in [0.25, 0.3) is 0 Å². The Labute approximate surface area is 99.4 Å². The number of halogens is 1. The van der Waals surface area contributed by atoms with Gasteiger partial charge >= 0.3 is 0 Å². The molecular formula is C12H14ClNO2. The predicted molar refractivity (Wildman–Crippen MR) is 63.6 cm³/mol. The van der Waals surface area contributed by atoms with E-state index >= 15 is 0 Å². The number of hydrogen-bond donors (Lipinski definition) is 2. The molecule has 1 aliphatic rings. The number of anilines is 1. The fraction of sp³-hybridized carbons (Fsp3) is 0.417. The Balaban J connectivity index is 2.02. The summed E-state index contributed by atoms with van der Waals surface area (Å²) in [7, 11) is 0. The van der Waals surface area contributed by atoms with Crippen molar-refractivity contribution in [2.24, 2.45) is 11.8 Å². The largest absolute Gasteiger partial charge is 0.506 e. The Morgan fingerprint density at radius 2 is 2.25 bits per heavy atom. The highest BCUT2D eigenvalue weighted by atomic mass is 35.5. The highest BCUT2D eigenvalue weighted by molar-refractivity contribution is 6.32. The predicted octanol–water partition coefficient (Wildman–Crippen LogP) is 3.03. The van der Waals surface area contributed by atoms with Crippen LogP contribution >= 0.6 is 11.6 Å². The summed E-state index contributed by atoms with van der Waals surface area (Å²) in [6, 6.07) is 4.70. The van der Waals surface area contributed by atoms with E-state index in [-0.39, 0.29) is 22.6 Å². The van der Waals surface area contributed by atoms with Crippen molar-refractivity contribution >= 4 is 23.2 Å². The highest BCUT2D eigenvalue weighted by Gasteiger charge is 2.32. The first kappa shape index (κ1) is 11.3. The van der Waals surface area contributed by atoms with Gasteiger partial charge in [-0.05, 0) is 30.9 Å². The topological polar surface area (TPSA) is 49.3 Å². The molecule has 1 fully saturated rings. The van der Waals surface area contributed by atoms with Crippen molar-refractivity contribution in [3.8, 4) is 5.75 Å². The molecule has 1 aromatic carbocycles. The lowest BCUT2D eigenvalue weighted by molar-refractivity contribution is -0.119. The van der Waals surface area contributed by atoms with Gasteiger partial charge < -0.3 is 10.4 Å². The van der Waals surface area contributed by atoms with Crippen LogP contribution < -0.4 is 5.32 Å². The van der Waals surface area contributed by atoms with Crippen LogP contribution in [-0.4, -0.2) is 11.0 Å². The molecule has 2 N–H and O–H groups in total. The smallest absolute Gasteiger partial charge is 0.227 e. The molecule has 0 radical (unpaired) electrons. The molecule has 0 spiro atoms. The van der Waals surface area contributed by atoms with E-state index in [9.17, 15) is 9.90 Å². The number of phenols is 1. The van der Waals surface area contributed by atoms with E-state index in [1.807, 2.05) is 6.92 Å². The van der Waals surface area contributed by atoms with Crippen molar-refractivity contribution < 1.29 is 9.90 Å². The van der Waals surface area contributed by atoms with Gasteiger partial charge in [-0.2, -0.15) is 0 Å². The first-order chi connectivity index (χ1) is 7.58. The monoisotopic (exact) mass is 239 g/mol. The molecule has 0 heterocycles. The summed E-state index contributed by atoms with van der Waals surface area (Å²) in [5, 5.41) is 12.4. The zero-order chi connectivity index (χ0) is 11.7. The van der Waals surface area contributed by atoms with E-state index in [2.05, 4.69) is 5.32 Å². The first-order valence-corrected chi connectivity index (χ1v) is 5.75. The molecule has 0 aliphatic heterocycles. The van der Waals surface area contributed by atoms with E-state index in [0.717, 1.165) is 12.8 Å². The number of nitrogens with one attached hydrogen (secondary N) is 1. The lowest BCUT2D eigenvalue weighted by Crippen LogP contribution is -2.21. The second-order valence-corrected chi connectivity index (χ2v) is 4.69. The molecule has 0 bridgehead atoms. The third-order valence-corrected chi connectivity index (χ3v) is 3.28. The summed E-state index contributed by atoms with van der Waals surface area (Å²) in [5.41, 5.74) is 0.583. The Bertz CT molecular complexity index is 415. The summed E-state index contributed by atoms with van der Waals surface area (Å²) in [6.45, 7) is 1.93. The van der Waals surface area contributed by atoms with Gasteiger partial charge in [-0.1, -0.05) is 18.5 Å². The Morgan fingerprint density at radius 1 is 1.56 bits per heavy atom. The number of rotatable bonds is 3. The molecule has 86 valence electrons. The number of phenolic OH excluding ortho intramolecular Hbond substituents is 1. The van der Waals surface area contributed by atoms with Crippen LogP contribution in [0.4, 0.5) is 5.69 Å². The quantitative estimate of drug-likeness (QED) is 0.852. The zero-order valence-electron chi connectivity index (χ0n) is 9.03. The molecule has 0 aromatic heterocycles. The number of amides is 1. The van der Waals surface area contributed by atoms with Crippen LogP contribution in [0, 0.1) is 11.8 Å². The van der Waals surface area contributed by atoms with Crippen LogP contribution in [0.1, 0.15) is 19.8 Å². The minimum Gasteiger partial charge on any atom is -0.506 e. The molecule has 4 heteroatoms. The van der Waals surface area contributed by atoms with E-state index in [4.69, 9.17) is 11.6 Å². The van der Waals surface area contributed by atoms with Crippen LogP contribution in [0.5, 0.6) is 5.75 Å². The van der Waals surface area contributed by atoms with Gasteiger partial charge in [0, 0.05) is 17.7 Å². The summed E-state index contributed by atoms with van der Waals surface area (Å²) in [5.74, 6) is 0.557. The van der Waals surface area contributed by atoms with Crippen molar-refractivity contribution in [2.45, 2.75) is 19.8 Å². The number of hydrogen-bond acceptors (Lipinski definition) is 2. The molecule has 0 saturated heterocycles. The third kappa shape index (κ3) is 2.47. The fourth-order valence-corrected chi connectivity index (χ4v) is 1.77. The van der Waals surface area contributed by atoms with E-state index in [1.54, 1.807) is 12.1 Å². The number of carbonyl (C=O) groups excluding carboxylic acids is 1. The Morgan fingerprint density at radius 3 is 2.81 bits per heavy atom. The van der Waals surface area contributed by atoms with Crippen LogP contribution in [0.3, 0.4) is 0 Å². The molecule has 2 rings (SSSR count). The van der Waals surface area contributed by atoms with Crippen LogP contribution in [0.25, 0.3) is 0 Å². The van der Waals surface area contributed by atoms with E-state index in [1.165, 1.54) is 6.07 Å². The summed E-state index contributed by atoms with van der Waals surface area (Å²) >= 11 is 5.68. The maximum atomic E-state index is 11.8. The van der Waals surface area contributed by atoms with Crippen molar-refractivity contribution in [1.29, 1.82) is 0 Å². The molecule has 1 unspecified atom stereocenters. The van der Waals surface area contributed by atoms with Gasteiger partial charge in [-0.25, -0.2) is 0 Å². The minimum absolute atomic E-state index is 0.00391. The van der Waals surface area contributed by atoms with Crippen molar-refractivity contribution in [3.05, 3.63) is 23.2 Å². The number of benzene rings is 1. The summed E-state index contributed by atoms with van der Waals surface area (Å²) < 4.78 is 0. The van der Waals surface area contributed by atoms with Crippen LogP contribution in [0.2, 0.25) is 5.02 Å². The van der Waals surface area contributed by atoms with Crippen LogP contribution in [0.15, 0.2) is 18.2 Å². The lowest BCUT2D eigenvalue weighted by Gasteiger charge is -2.11. The van der Waals surface area contributed by atoms with Crippen molar-refractivity contribution in [3.63, 3.8) is 0 Å². The van der Waals surface area contributed by atoms with Crippen LogP contribution in [-0.2, 0) is 4.79 Å². The maximum Gasteiger partial charge on any atom is 0.227 e. The normalized spacial score (nSPS) is 16.9. The second-order valence-electron chi connectivity index (χ2n) is 4.28. The fourth-order valence-electron chi connectivity index (χ4n) is 1.66. The van der Waals surface area contributed by atoms with Crippen molar-refractivity contribution in [2.75, 3.05) is 5.32 Å². The standard InChI is InChI=1S/C12H14ClNO2/c1-7(8-2-3-8)12(16)14-9-4-5-10(13)11(15)6-9/h4-8,15H,2-3H2,1H3,(H,14,16). The van der Waals surface area contributed by atoms with Gasteiger partial charge in [-0.15, -0.1) is 0 Å². The first-order valence-electron chi connectivity index (χ1n) is 5.37. The second kappa shape index (κ2) is 4.34. The van der Waals surface area contributed by atoms with E-state index in [0.29, 0.717) is 11.6 Å². The molecular weight excluding hydrogens is 226 g/mol. The molecule has 16 heavy (non-hydrogen) atoms. The van der Waals surface area contributed by atoms with Gasteiger partial charge in [0.1, 0.15) is 5.75 Å². The third-order valence-electron chi connectivity index (χ3n) is 2.96. The average Bonchev–Trinajstić information content (AvgIpc) is 3.06. The SMILES string of the molecule is CC(C(=O)Nc1ccc(Cl)c(O)c1)C1CC1. The summed E-state index contributed by atoms with van der Waals surface area (Å²) in [4.78, 5) is 11.8. The molecule has 1 aromatic rings. The number of aromatic hydroxyl groups is 1. The van der Waals surface area contributed by atoms with E-state index < -0.39 is 0 Å². The highest BCUT2D eigenvalue weighted by Crippen LogP contribution is 2.37. The van der Waals surface area contributed by atoms with Gasteiger partial charge in [0.15, 0.2) is 0 Å². The molecule has 1 saturated carbocycles. The maximum absolute atomic E-state index is 11.8. The molecule has 1 aliphatic carbocycles. The molecule has 3 nitrogen and oxygen atoms in total. The molecule has 1 amide bonds. The number of carbonyl (C=O) groups is 1. The lowest BCUT2D eigenvalue weighted by atomic mass is 10.1. The average molecular weight is 240 g/mol. The Kier molecular flexibility index (Phi) is 3.06. The van der Waals surface area contributed by atoms with Gasteiger partial charge in [0.05, 0.1) is 5.02 Å².